The average Bonchev–Trinajstić information content (AvgIpc) is 2.87. The molecule has 2 N–H and O–H groups in total. The Labute approximate surface area is 127 Å². The van der Waals surface area contributed by atoms with Gasteiger partial charge in [0.15, 0.2) is 0 Å². The first-order valence-electron chi connectivity index (χ1n) is 6.45. The van der Waals surface area contributed by atoms with E-state index in [4.69, 9.17) is 33.7 Å². The highest BCUT2D eigenvalue weighted by Crippen LogP contribution is 2.35. The van der Waals surface area contributed by atoms with Gasteiger partial charge in [0, 0.05) is 17.6 Å². The molecular weight excluding hydrogens is 295 g/mol. The van der Waals surface area contributed by atoms with E-state index in [1.165, 1.54) is 0 Å². The second-order valence-corrected chi connectivity index (χ2v) is 5.68. The first-order valence-corrected chi connectivity index (χ1v) is 7.21. The van der Waals surface area contributed by atoms with E-state index >= 15 is 0 Å². The van der Waals surface area contributed by atoms with Crippen molar-refractivity contribution in [1.29, 1.82) is 0 Å². The summed E-state index contributed by atoms with van der Waals surface area (Å²) in [6, 6.07) is 7.16. The largest absolute Gasteiger partial charge is 0.493 e. The lowest BCUT2D eigenvalue weighted by Crippen LogP contribution is -2.16. The molecular formula is C15H14Cl2N2O. The lowest BCUT2D eigenvalue weighted by molar-refractivity contribution is 0.352. The predicted molar refractivity (Wildman–Crippen MR) is 80.5 cm³/mol. The van der Waals surface area contributed by atoms with Gasteiger partial charge in [-0.1, -0.05) is 23.2 Å². The number of benzene rings is 1. The van der Waals surface area contributed by atoms with Crippen molar-refractivity contribution < 1.29 is 4.74 Å². The van der Waals surface area contributed by atoms with E-state index in [2.05, 4.69) is 4.98 Å². The van der Waals surface area contributed by atoms with E-state index in [9.17, 15) is 0 Å². The van der Waals surface area contributed by atoms with E-state index in [1.54, 1.807) is 18.3 Å². The van der Waals surface area contributed by atoms with Gasteiger partial charge >= 0.3 is 0 Å². The number of halogens is 2. The molecule has 0 aliphatic carbocycles. The molecule has 1 aliphatic heterocycles. The second kappa shape index (κ2) is 5.60. The summed E-state index contributed by atoms with van der Waals surface area (Å²) in [6.45, 7) is 0.697. The minimum Gasteiger partial charge on any atom is -0.493 e. The molecule has 0 radical (unpaired) electrons. The monoisotopic (exact) mass is 308 g/mol. The van der Waals surface area contributed by atoms with Crippen molar-refractivity contribution in [3.63, 3.8) is 0 Å². The highest BCUT2D eigenvalue weighted by molar-refractivity contribution is 6.31. The lowest BCUT2D eigenvalue weighted by Gasteiger charge is -2.15. The molecule has 2 aromatic rings. The minimum atomic E-state index is -0.282. The molecule has 20 heavy (non-hydrogen) atoms. The number of pyridine rings is 1. The van der Waals surface area contributed by atoms with Gasteiger partial charge in [0.05, 0.1) is 23.4 Å². The number of hydrogen-bond acceptors (Lipinski definition) is 3. The van der Waals surface area contributed by atoms with Crippen molar-refractivity contribution in [2.45, 2.75) is 18.9 Å². The molecule has 0 saturated carbocycles. The maximum Gasteiger partial charge on any atom is 0.125 e. The van der Waals surface area contributed by atoms with Gasteiger partial charge in [-0.25, -0.2) is 0 Å². The molecule has 1 aromatic heterocycles. The van der Waals surface area contributed by atoms with Crippen molar-refractivity contribution in [3.8, 4) is 5.75 Å². The van der Waals surface area contributed by atoms with Crippen LogP contribution in [0.5, 0.6) is 5.75 Å². The molecule has 0 amide bonds. The summed E-state index contributed by atoms with van der Waals surface area (Å²) in [5.74, 6) is 0.914. The minimum absolute atomic E-state index is 0.282. The Morgan fingerprint density at radius 3 is 3.00 bits per heavy atom. The van der Waals surface area contributed by atoms with Crippen LogP contribution < -0.4 is 10.5 Å². The Morgan fingerprint density at radius 2 is 2.20 bits per heavy atom. The third-order valence-corrected chi connectivity index (χ3v) is 3.94. The zero-order chi connectivity index (χ0) is 14.1. The van der Waals surface area contributed by atoms with Gasteiger partial charge in [-0.3, -0.25) is 4.98 Å². The Morgan fingerprint density at radius 1 is 1.35 bits per heavy atom. The fourth-order valence-corrected chi connectivity index (χ4v) is 3.03. The number of nitrogens with two attached hydrogens (primary N) is 1. The van der Waals surface area contributed by atoms with Crippen LogP contribution in [0.1, 0.15) is 22.9 Å². The topological polar surface area (TPSA) is 48.1 Å². The maximum absolute atomic E-state index is 6.23. The summed E-state index contributed by atoms with van der Waals surface area (Å²) in [5, 5.41) is 1.29. The Hall–Kier alpha value is -1.29. The molecule has 104 valence electrons. The highest BCUT2D eigenvalue weighted by Gasteiger charge is 2.21. The first kappa shape index (κ1) is 13.7. The lowest BCUT2D eigenvalue weighted by atomic mass is 10.00. The Bertz CT molecular complexity index is 646. The molecule has 0 saturated heterocycles. The summed E-state index contributed by atoms with van der Waals surface area (Å²) in [4.78, 5) is 4.26. The van der Waals surface area contributed by atoms with Crippen LogP contribution in [0.3, 0.4) is 0 Å². The molecule has 0 fully saturated rings. The number of ether oxygens (including phenoxy) is 1. The third kappa shape index (κ3) is 2.62. The molecule has 3 rings (SSSR count). The van der Waals surface area contributed by atoms with Crippen molar-refractivity contribution in [2.24, 2.45) is 5.73 Å². The van der Waals surface area contributed by atoms with Crippen molar-refractivity contribution in [2.75, 3.05) is 6.61 Å². The van der Waals surface area contributed by atoms with E-state index in [1.807, 2.05) is 12.1 Å². The molecule has 1 atom stereocenters. The molecule has 1 unspecified atom stereocenters. The van der Waals surface area contributed by atoms with E-state index in [0.717, 1.165) is 23.3 Å². The van der Waals surface area contributed by atoms with Gasteiger partial charge in [-0.05, 0) is 41.8 Å². The third-order valence-electron chi connectivity index (χ3n) is 3.40. The number of hydrogen-bond donors (Lipinski definition) is 1. The quantitative estimate of drug-likeness (QED) is 0.943. The first-order chi connectivity index (χ1) is 9.65. The van der Waals surface area contributed by atoms with Gasteiger partial charge in [-0.2, -0.15) is 0 Å². The van der Waals surface area contributed by atoms with Crippen LogP contribution in [0.25, 0.3) is 0 Å². The van der Waals surface area contributed by atoms with Gasteiger partial charge in [0.1, 0.15) is 5.75 Å². The normalized spacial score (nSPS) is 14.8. The van der Waals surface area contributed by atoms with Crippen LogP contribution in [0.4, 0.5) is 0 Å². The second-order valence-electron chi connectivity index (χ2n) is 4.83. The van der Waals surface area contributed by atoms with Crippen LogP contribution >= 0.6 is 23.2 Å². The molecule has 0 bridgehead atoms. The van der Waals surface area contributed by atoms with Gasteiger partial charge in [0.2, 0.25) is 0 Å². The molecule has 2 heterocycles. The number of aromatic nitrogens is 1. The van der Waals surface area contributed by atoms with Gasteiger partial charge in [0.25, 0.3) is 0 Å². The van der Waals surface area contributed by atoms with Crippen molar-refractivity contribution in [1.82, 2.24) is 4.98 Å². The molecule has 1 aliphatic rings. The maximum atomic E-state index is 6.23. The summed E-state index contributed by atoms with van der Waals surface area (Å²) >= 11 is 12.3. The number of rotatable bonds is 3. The van der Waals surface area contributed by atoms with E-state index in [-0.39, 0.29) is 6.04 Å². The number of nitrogens with zero attached hydrogens (tertiary/aromatic N) is 1. The smallest absolute Gasteiger partial charge is 0.125 e. The summed E-state index contributed by atoms with van der Waals surface area (Å²) in [7, 11) is 0. The highest BCUT2D eigenvalue weighted by atomic mass is 35.5. The van der Waals surface area contributed by atoms with Crippen molar-refractivity contribution >= 4 is 23.2 Å². The van der Waals surface area contributed by atoms with E-state index in [0.29, 0.717) is 28.8 Å². The van der Waals surface area contributed by atoms with Crippen LogP contribution in [-0.4, -0.2) is 11.6 Å². The predicted octanol–water partition coefficient (Wildman–Crippen LogP) is 3.57. The molecule has 3 nitrogen and oxygen atoms in total. The molecule has 5 heteroatoms. The van der Waals surface area contributed by atoms with Crippen molar-refractivity contribution in [3.05, 3.63) is 57.3 Å². The number of fused-ring (bicyclic) bond motifs is 1. The van der Waals surface area contributed by atoms with E-state index < -0.39 is 0 Å². The summed E-state index contributed by atoms with van der Waals surface area (Å²) in [6.07, 6.45) is 3.18. The molecule has 0 spiro atoms. The Balaban J connectivity index is 1.90. The SMILES string of the molecule is NC(Cc1cc(Cl)cc2c1OCC2)c1ncccc1Cl. The Kier molecular flexibility index (Phi) is 3.83. The molecule has 1 aromatic carbocycles. The van der Waals surface area contributed by atoms with Crippen LogP contribution in [-0.2, 0) is 12.8 Å². The summed E-state index contributed by atoms with van der Waals surface area (Å²) in [5.41, 5.74) is 9.08. The summed E-state index contributed by atoms with van der Waals surface area (Å²) < 4.78 is 5.68. The van der Waals surface area contributed by atoms with Crippen LogP contribution in [0, 0.1) is 0 Å². The zero-order valence-electron chi connectivity index (χ0n) is 10.8. The standard InChI is InChI=1S/C15H14Cl2N2O/c16-11-6-9-3-5-20-15(9)10(7-11)8-13(18)14-12(17)2-1-4-19-14/h1-2,4,6-7,13H,3,5,8,18H2. The fraction of sp³-hybridized carbons (Fsp3) is 0.267. The fourth-order valence-electron chi connectivity index (χ4n) is 2.50. The van der Waals surface area contributed by atoms with Gasteiger partial charge < -0.3 is 10.5 Å². The van der Waals surface area contributed by atoms with Crippen LogP contribution in [0.2, 0.25) is 10.0 Å². The average molecular weight is 309 g/mol. The van der Waals surface area contributed by atoms with Gasteiger partial charge in [-0.15, -0.1) is 0 Å². The zero-order valence-corrected chi connectivity index (χ0v) is 12.3. The van der Waals surface area contributed by atoms with Crippen LogP contribution in [0.15, 0.2) is 30.5 Å².